The first kappa shape index (κ1) is 14.5. The van der Waals surface area contributed by atoms with Crippen LogP contribution in [0.3, 0.4) is 0 Å². The van der Waals surface area contributed by atoms with Gasteiger partial charge in [0.15, 0.2) is 0 Å². The average Bonchev–Trinajstić information content (AvgIpc) is 3.19. The Kier molecular flexibility index (Phi) is 3.09. The second-order valence-corrected chi connectivity index (χ2v) is 7.07. The van der Waals surface area contributed by atoms with Gasteiger partial charge in [-0.05, 0) is 24.8 Å². The quantitative estimate of drug-likeness (QED) is 0.422. The Bertz CT molecular complexity index is 444. The normalized spacial score (nSPS) is 55.1. The molecule has 0 bridgehead atoms. The molecule has 6 atom stereocenters. The van der Waals surface area contributed by atoms with Crippen molar-refractivity contribution >= 4 is 0 Å². The van der Waals surface area contributed by atoms with Crippen molar-refractivity contribution in [2.75, 3.05) is 13.2 Å². The van der Waals surface area contributed by atoms with Gasteiger partial charge in [-0.1, -0.05) is 19.9 Å². The molecule has 2 aliphatic carbocycles. The molecule has 0 radical (unpaired) electrons. The first-order valence-electron chi connectivity index (χ1n) is 7.29. The number of rotatable bonds is 2. The minimum atomic E-state index is -0.889. The van der Waals surface area contributed by atoms with Crippen LogP contribution in [0.4, 0.5) is 0 Å². The second-order valence-electron chi connectivity index (χ2n) is 7.07. The predicted molar refractivity (Wildman–Crippen MR) is 71.9 cm³/mol. The van der Waals surface area contributed by atoms with E-state index in [1.807, 2.05) is 13.8 Å². The van der Waals surface area contributed by atoms with Gasteiger partial charge in [-0.2, -0.15) is 0 Å². The lowest BCUT2D eigenvalue weighted by molar-refractivity contribution is -0.0929. The van der Waals surface area contributed by atoms with Crippen LogP contribution in [-0.2, 0) is 4.74 Å². The van der Waals surface area contributed by atoms with Gasteiger partial charge in [0.25, 0.3) is 0 Å². The van der Waals surface area contributed by atoms with Crippen molar-refractivity contribution in [3.8, 4) is 0 Å². The van der Waals surface area contributed by atoms with Crippen LogP contribution >= 0.6 is 0 Å². The Morgan fingerprint density at radius 3 is 2.45 bits per heavy atom. The summed E-state index contributed by atoms with van der Waals surface area (Å²) in [6, 6.07) is 0. The number of aliphatic hydroxyl groups excluding tert-OH is 4. The zero-order valence-corrected chi connectivity index (χ0v) is 12.0. The molecule has 20 heavy (non-hydrogen) atoms. The smallest absolute Gasteiger partial charge is 0.126 e. The molecule has 1 spiro atoms. The van der Waals surface area contributed by atoms with Gasteiger partial charge in [-0.15, -0.1) is 0 Å². The molecular formula is C15H24O5. The Morgan fingerprint density at radius 1 is 1.30 bits per heavy atom. The van der Waals surface area contributed by atoms with Crippen LogP contribution in [0.1, 0.15) is 33.1 Å². The Hall–Kier alpha value is -0.460. The van der Waals surface area contributed by atoms with E-state index >= 15 is 0 Å². The monoisotopic (exact) mass is 284 g/mol. The van der Waals surface area contributed by atoms with E-state index in [2.05, 4.69) is 0 Å². The van der Waals surface area contributed by atoms with Gasteiger partial charge in [0.2, 0.25) is 0 Å². The largest absolute Gasteiger partial charge is 0.392 e. The molecule has 3 rings (SSSR count). The highest BCUT2D eigenvalue weighted by atomic mass is 16.6. The van der Waals surface area contributed by atoms with Crippen LogP contribution in [0.25, 0.3) is 0 Å². The van der Waals surface area contributed by atoms with Crippen LogP contribution in [0, 0.1) is 10.8 Å². The predicted octanol–water partition coefficient (Wildman–Crippen LogP) is -0.0331. The highest BCUT2D eigenvalue weighted by molar-refractivity contribution is 5.27. The highest BCUT2D eigenvalue weighted by Gasteiger charge is 2.75. The third-order valence-corrected chi connectivity index (χ3v) is 6.32. The van der Waals surface area contributed by atoms with E-state index in [-0.39, 0.29) is 6.61 Å². The van der Waals surface area contributed by atoms with Gasteiger partial charge in [0, 0.05) is 10.8 Å². The first-order chi connectivity index (χ1) is 9.31. The summed E-state index contributed by atoms with van der Waals surface area (Å²) in [4.78, 5) is 0. The molecule has 5 heteroatoms. The van der Waals surface area contributed by atoms with Gasteiger partial charge in [-0.3, -0.25) is 0 Å². The zero-order chi connectivity index (χ0) is 14.8. The molecule has 0 unspecified atom stereocenters. The molecule has 114 valence electrons. The second kappa shape index (κ2) is 4.27. The van der Waals surface area contributed by atoms with Gasteiger partial charge in [0.1, 0.15) is 11.7 Å². The van der Waals surface area contributed by atoms with E-state index in [4.69, 9.17) is 4.74 Å². The lowest BCUT2D eigenvalue weighted by atomic mass is 9.54. The van der Waals surface area contributed by atoms with Gasteiger partial charge in [-0.25, -0.2) is 0 Å². The van der Waals surface area contributed by atoms with E-state index in [9.17, 15) is 20.4 Å². The fourth-order valence-corrected chi connectivity index (χ4v) is 4.42. The van der Waals surface area contributed by atoms with Crippen LogP contribution in [0.15, 0.2) is 11.6 Å². The fourth-order valence-electron chi connectivity index (χ4n) is 4.42. The molecular weight excluding hydrogens is 260 g/mol. The zero-order valence-electron chi connectivity index (χ0n) is 12.0. The van der Waals surface area contributed by atoms with Gasteiger partial charge < -0.3 is 25.2 Å². The molecule has 2 fully saturated rings. The summed E-state index contributed by atoms with van der Waals surface area (Å²) in [5.74, 6) is 0. The van der Waals surface area contributed by atoms with Crippen molar-refractivity contribution in [1.82, 2.24) is 0 Å². The molecule has 0 aromatic carbocycles. The molecule has 0 aromatic heterocycles. The summed E-state index contributed by atoms with van der Waals surface area (Å²) < 4.78 is 5.58. The third-order valence-electron chi connectivity index (χ3n) is 6.32. The summed E-state index contributed by atoms with van der Waals surface area (Å²) in [6.07, 6.45) is 1.17. The van der Waals surface area contributed by atoms with Crippen molar-refractivity contribution in [3.05, 3.63) is 11.6 Å². The van der Waals surface area contributed by atoms with E-state index in [1.165, 1.54) is 0 Å². The topological polar surface area (TPSA) is 93.5 Å². The molecule has 0 aromatic rings. The fraction of sp³-hybridized carbons (Fsp3) is 0.867. The summed E-state index contributed by atoms with van der Waals surface area (Å²) >= 11 is 0. The first-order valence-corrected chi connectivity index (χ1v) is 7.29. The van der Waals surface area contributed by atoms with E-state index in [0.717, 1.165) is 12.0 Å². The van der Waals surface area contributed by atoms with Crippen LogP contribution in [-0.4, -0.2) is 57.6 Å². The molecule has 1 saturated carbocycles. The summed E-state index contributed by atoms with van der Waals surface area (Å²) in [5, 5.41) is 40.1. The minimum Gasteiger partial charge on any atom is -0.392 e. The Balaban J connectivity index is 1.98. The molecule has 1 aliphatic heterocycles. The highest BCUT2D eigenvalue weighted by Crippen LogP contribution is 2.66. The number of aliphatic hydroxyl groups is 4. The Labute approximate surface area is 118 Å². The number of hydrogen-bond donors (Lipinski definition) is 4. The third kappa shape index (κ3) is 1.56. The summed E-state index contributed by atoms with van der Waals surface area (Å²) in [7, 11) is 0. The van der Waals surface area contributed by atoms with Crippen molar-refractivity contribution < 1.29 is 25.2 Å². The van der Waals surface area contributed by atoms with Crippen molar-refractivity contribution in [2.24, 2.45) is 10.8 Å². The standard InChI is InChI=1S/C15H24O5/c1-13(4-3-9(7-16)5-11(13)18)14(2)6-10(17)12(19)15(14)8-20-15/h5,10-12,16-19H,3-4,6-8H2,1-2H3/t10-,11+,12-,13+,14-,15-/m1/s1. The molecule has 3 aliphatic rings. The van der Waals surface area contributed by atoms with E-state index in [0.29, 0.717) is 19.4 Å². The summed E-state index contributed by atoms with van der Waals surface area (Å²) in [6.45, 7) is 4.40. The number of ether oxygens (including phenoxy) is 1. The Morgan fingerprint density at radius 2 is 1.95 bits per heavy atom. The van der Waals surface area contributed by atoms with Crippen molar-refractivity contribution in [3.63, 3.8) is 0 Å². The average molecular weight is 284 g/mol. The van der Waals surface area contributed by atoms with Crippen molar-refractivity contribution in [2.45, 2.75) is 57.0 Å². The molecule has 5 nitrogen and oxygen atoms in total. The lowest BCUT2D eigenvalue weighted by Gasteiger charge is -2.51. The minimum absolute atomic E-state index is 0.0310. The van der Waals surface area contributed by atoms with Gasteiger partial charge in [0.05, 0.1) is 25.4 Å². The van der Waals surface area contributed by atoms with E-state index < -0.39 is 34.7 Å². The molecule has 4 N–H and O–H groups in total. The van der Waals surface area contributed by atoms with Crippen molar-refractivity contribution in [1.29, 1.82) is 0 Å². The maximum Gasteiger partial charge on any atom is 0.126 e. The molecule has 0 amide bonds. The SMILES string of the molecule is C[C@]1([C@@]2(C)CCC(CO)=C[C@@H]2O)C[C@@H](O)[C@@H](O)[C@]12CO2. The lowest BCUT2D eigenvalue weighted by Crippen LogP contribution is -2.54. The number of epoxide rings is 1. The molecule has 1 heterocycles. The maximum absolute atomic E-state index is 10.6. The van der Waals surface area contributed by atoms with Crippen LogP contribution in [0.5, 0.6) is 0 Å². The van der Waals surface area contributed by atoms with E-state index in [1.54, 1.807) is 6.08 Å². The maximum atomic E-state index is 10.6. The summed E-state index contributed by atoms with van der Waals surface area (Å²) in [5.41, 5.74) is -0.855. The number of hydrogen-bond acceptors (Lipinski definition) is 5. The van der Waals surface area contributed by atoms with Crippen LogP contribution < -0.4 is 0 Å². The molecule has 1 saturated heterocycles. The van der Waals surface area contributed by atoms with Gasteiger partial charge >= 0.3 is 0 Å². The van der Waals surface area contributed by atoms with Crippen LogP contribution in [0.2, 0.25) is 0 Å².